The molecule has 1 aliphatic heterocycles. The van der Waals surface area contributed by atoms with E-state index < -0.39 is 0 Å². The van der Waals surface area contributed by atoms with Crippen molar-refractivity contribution in [3.8, 4) is 5.75 Å². The van der Waals surface area contributed by atoms with Gasteiger partial charge in [-0.3, -0.25) is 4.79 Å². The summed E-state index contributed by atoms with van der Waals surface area (Å²) in [5.74, 6) is 0.533. The molecule has 0 aliphatic carbocycles. The van der Waals surface area contributed by atoms with Crippen LogP contribution in [0.2, 0.25) is 0 Å². The van der Waals surface area contributed by atoms with Crippen LogP contribution in [0.15, 0.2) is 18.2 Å². The highest BCUT2D eigenvalue weighted by atomic mass is 16.5. The normalized spacial score (nSPS) is 16.2. The van der Waals surface area contributed by atoms with Crippen LogP contribution in [0.4, 0.5) is 5.69 Å². The molecular weight excluding hydrogens is 232 g/mol. The van der Waals surface area contributed by atoms with E-state index in [1.165, 1.54) is 0 Å². The third-order valence-corrected chi connectivity index (χ3v) is 2.99. The maximum Gasteiger partial charge on any atom is 0.254 e. The van der Waals surface area contributed by atoms with Gasteiger partial charge in [0.15, 0.2) is 0 Å². The lowest BCUT2D eigenvalue weighted by molar-refractivity contribution is 0.0741. The van der Waals surface area contributed by atoms with Crippen LogP contribution in [-0.2, 0) is 4.74 Å². The van der Waals surface area contributed by atoms with Gasteiger partial charge in [0.1, 0.15) is 5.75 Å². The predicted molar refractivity (Wildman–Crippen MR) is 68.7 cm³/mol. The lowest BCUT2D eigenvalue weighted by Crippen LogP contribution is -2.33. The summed E-state index contributed by atoms with van der Waals surface area (Å²) in [5, 5.41) is 0. The SMILES string of the molecule is COc1cc(C(=O)N2CCCOCC2)ccc1N. The van der Waals surface area contributed by atoms with Crippen LogP contribution in [0, 0.1) is 0 Å². The highest BCUT2D eigenvalue weighted by Crippen LogP contribution is 2.23. The number of ether oxygens (including phenoxy) is 2. The number of rotatable bonds is 2. The van der Waals surface area contributed by atoms with Gasteiger partial charge in [-0.15, -0.1) is 0 Å². The Morgan fingerprint density at radius 2 is 2.22 bits per heavy atom. The van der Waals surface area contributed by atoms with Crippen LogP contribution in [0.1, 0.15) is 16.8 Å². The van der Waals surface area contributed by atoms with Crippen LogP contribution in [0.5, 0.6) is 5.75 Å². The van der Waals surface area contributed by atoms with E-state index in [9.17, 15) is 4.79 Å². The van der Waals surface area contributed by atoms with Gasteiger partial charge < -0.3 is 20.1 Å². The lowest BCUT2D eigenvalue weighted by Gasteiger charge is -2.20. The molecule has 2 N–H and O–H groups in total. The Bertz CT molecular complexity index is 426. The molecule has 1 aromatic rings. The number of carbonyl (C=O) groups is 1. The minimum absolute atomic E-state index is 0.00111. The molecule has 1 amide bonds. The highest BCUT2D eigenvalue weighted by molar-refractivity contribution is 5.95. The summed E-state index contributed by atoms with van der Waals surface area (Å²) in [5.41, 5.74) is 6.87. The largest absolute Gasteiger partial charge is 0.495 e. The van der Waals surface area contributed by atoms with E-state index in [0.717, 1.165) is 19.6 Å². The van der Waals surface area contributed by atoms with E-state index in [0.29, 0.717) is 30.2 Å². The first-order valence-corrected chi connectivity index (χ1v) is 6.03. The molecule has 0 spiro atoms. The summed E-state index contributed by atoms with van der Waals surface area (Å²) in [4.78, 5) is 14.1. The summed E-state index contributed by atoms with van der Waals surface area (Å²) in [7, 11) is 1.54. The van der Waals surface area contributed by atoms with Crippen LogP contribution < -0.4 is 10.5 Å². The standard InChI is InChI=1S/C13H18N2O3/c1-17-12-9-10(3-4-11(12)14)13(16)15-5-2-7-18-8-6-15/h3-4,9H,2,5-8,14H2,1H3. The number of nitrogens with two attached hydrogens (primary N) is 1. The van der Waals surface area contributed by atoms with Crippen molar-refractivity contribution in [2.75, 3.05) is 39.1 Å². The Morgan fingerprint density at radius 1 is 1.39 bits per heavy atom. The molecule has 0 radical (unpaired) electrons. The van der Waals surface area contributed by atoms with Gasteiger partial charge in [0.25, 0.3) is 5.91 Å². The molecule has 0 bridgehead atoms. The van der Waals surface area contributed by atoms with Gasteiger partial charge in [0, 0.05) is 25.3 Å². The fourth-order valence-corrected chi connectivity index (χ4v) is 1.98. The van der Waals surface area contributed by atoms with Gasteiger partial charge >= 0.3 is 0 Å². The maximum atomic E-state index is 12.3. The maximum absolute atomic E-state index is 12.3. The average molecular weight is 250 g/mol. The number of benzene rings is 1. The molecule has 2 rings (SSSR count). The van der Waals surface area contributed by atoms with Crippen molar-refractivity contribution in [1.82, 2.24) is 4.90 Å². The minimum Gasteiger partial charge on any atom is -0.495 e. The van der Waals surface area contributed by atoms with Gasteiger partial charge in [-0.1, -0.05) is 0 Å². The number of anilines is 1. The Balaban J connectivity index is 2.16. The van der Waals surface area contributed by atoms with Gasteiger partial charge in [0.05, 0.1) is 19.4 Å². The number of nitrogen functional groups attached to an aromatic ring is 1. The summed E-state index contributed by atoms with van der Waals surface area (Å²) >= 11 is 0. The fourth-order valence-electron chi connectivity index (χ4n) is 1.98. The quantitative estimate of drug-likeness (QED) is 0.799. The van der Waals surface area contributed by atoms with Gasteiger partial charge in [0.2, 0.25) is 0 Å². The number of carbonyl (C=O) groups excluding carboxylic acids is 1. The number of methoxy groups -OCH3 is 1. The second kappa shape index (κ2) is 5.73. The zero-order valence-corrected chi connectivity index (χ0v) is 10.5. The highest BCUT2D eigenvalue weighted by Gasteiger charge is 2.18. The first kappa shape index (κ1) is 12.7. The van der Waals surface area contributed by atoms with Crippen molar-refractivity contribution in [3.63, 3.8) is 0 Å². The minimum atomic E-state index is -0.00111. The Morgan fingerprint density at radius 3 is 3.00 bits per heavy atom. The number of hydrogen-bond donors (Lipinski definition) is 1. The van der Waals surface area contributed by atoms with E-state index in [1.54, 1.807) is 30.2 Å². The third-order valence-electron chi connectivity index (χ3n) is 2.99. The van der Waals surface area contributed by atoms with E-state index in [1.807, 2.05) is 0 Å². The Hall–Kier alpha value is -1.75. The molecule has 18 heavy (non-hydrogen) atoms. The van der Waals surface area contributed by atoms with Crippen LogP contribution in [0.25, 0.3) is 0 Å². The van der Waals surface area contributed by atoms with Gasteiger partial charge in [-0.2, -0.15) is 0 Å². The molecule has 1 aliphatic rings. The average Bonchev–Trinajstić information content (AvgIpc) is 2.67. The van der Waals surface area contributed by atoms with E-state index >= 15 is 0 Å². The zero-order chi connectivity index (χ0) is 13.0. The zero-order valence-electron chi connectivity index (χ0n) is 10.5. The molecule has 5 nitrogen and oxygen atoms in total. The molecule has 1 fully saturated rings. The monoisotopic (exact) mass is 250 g/mol. The van der Waals surface area contributed by atoms with Crippen molar-refractivity contribution >= 4 is 11.6 Å². The molecule has 0 atom stereocenters. The second-order valence-corrected chi connectivity index (χ2v) is 4.21. The molecule has 0 aromatic heterocycles. The molecule has 98 valence electrons. The van der Waals surface area contributed by atoms with E-state index in [2.05, 4.69) is 0 Å². The van der Waals surface area contributed by atoms with Crippen LogP contribution >= 0.6 is 0 Å². The molecular formula is C13H18N2O3. The van der Waals surface area contributed by atoms with E-state index in [-0.39, 0.29) is 5.91 Å². The molecule has 1 aromatic carbocycles. The lowest BCUT2D eigenvalue weighted by atomic mass is 10.1. The van der Waals surface area contributed by atoms with Gasteiger partial charge in [-0.25, -0.2) is 0 Å². The van der Waals surface area contributed by atoms with Crippen molar-refractivity contribution in [2.45, 2.75) is 6.42 Å². The first-order valence-electron chi connectivity index (χ1n) is 6.03. The van der Waals surface area contributed by atoms with Crippen LogP contribution in [0.3, 0.4) is 0 Å². The molecule has 1 saturated heterocycles. The summed E-state index contributed by atoms with van der Waals surface area (Å²) < 4.78 is 10.5. The van der Waals surface area contributed by atoms with Crippen molar-refractivity contribution in [2.24, 2.45) is 0 Å². The Kier molecular flexibility index (Phi) is 4.04. The summed E-state index contributed by atoms with van der Waals surface area (Å²) in [6, 6.07) is 5.11. The Labute approximate surface area is 106 Å². The topological polar surface area (TPSA) is 64.8 Å². The van der Waals surface area contributed by atoms with Crippen molar-refractivity contribution < 1.29 is 14.3 Å². The number of amides is 1. The van der Waals surface area contributed by atoms with Crippen molar-refractivity contribution in [1.29, 1.82) is 0 Å². The summed E-state index contributed by atoms with van der Waals surface area (Å²) in [6.07, 6.45) is 0.873. The fraction of sp³-hybridized carbons (Fsp3) is 0.462. The molecule has 5 heteroatoms. The van der Waals surface area contributed by atoms with Gasteiger partial charge in [-0.05, 0) is 24.6 Å². The molecule has 0 saturated carbocycles. The summed E-state index contributed by atoms with van der Waals surface area (Å²) in [6.45, 7) is 2.67. The van der Waals surface area contributed by atoms with Crippen molar-refractivity contribution in [3.05, 3.63) is 23.8 Å². The molecule has 1 heterocycles. The molecule has 0 unspecified atom stereocenters. The second-order valence-electron chi connectivity index (χ2n) is 4.21. The number of nitrogens with zero attached hydrogens (tertiary/aromatic N) is 1. The van der Waals surface area contributed by atoms with E-state index in [4.69, 9.17) is 15.2 Å². The predicted octanol–water partition coefficient (Wildman–Crippen LogP) is 1.14. The first-order chi connectivity index (χ1) is 8.72. The smallest absolute Gasteiger partial charge is 0.254 e. The number of hydrogen-bond acceptors (Lipinski definition) is 4. The third kappa shape index (κ3) is 2.73. The van der Waals surface area contributed by atoms with Crippen LogP contribution in [-0.4, -0.2) is 44.2 Å².